The van der Waals surface area contributed by atoms with Crippen molar-refractivity contribution in [3.05, 3.63) is 36.7 Å². The highest BCUT2D eigenvalue weighted by Gasteiger charge is 2.23. The second kappa shape index (κ2) is 5.14. The van der Waals surface area contributed by atoms with Crippen LogP contribution in [-0.2, 0) is 0 Å². The number of hydrogen-bond acceptors (Lipinski definition) is 7. The monoisotopic (exact) mass is 298 g/mol. The normalized spacial score (nSPS) is 16.7. The van der Waals surface area contributed by atoms with Crippen molar-refractivity contribution in [3.8, 4) is 11.5 Å². The zero-order valence-electron chi connectivity index (χ0n) is 12.0. The summed E-state index contributed by atoms with van der Waals surface area (Å²) in [6.45, 7) is 1.13. The lowest BCUT2D eigenvalue weighted by Crippen LogP contribution is -2.40. The van der Waals surface area contributed by atoms with Crippen molar-refractivity contribution < 1.29 is 9.47 Å². The van der Waals surface area contributed by atoms with Gasteiger partial charge in [0.1, 0.15) is 6.61 Å². The molecule has 8 heteroatoms. The van der Waals surface area contributed by atoms with E-state index in [1.54, 1.807) is 16.9 Å². The summed E-state index contributed by atoms with van der Waals surface area (Å²) < 4.78 is 13.3. The number of benzene rings is 1. The average molecular weight is 298 g/mol. The van der Waals surface area contributed by atoms with Gasteiger partial charge in [0.25, 0.3) is 0 Å². The van der Waals surface area contributed by atoms with E-state index in [4.69, 9.17) is 9.47 Å². The summed E-state index contributed by atoms with van der Waals surface area (Å²) in [7, 11) is 1.95. The molecular weight excluding hydrogens is 284 g/mol. The molecule has 1 aliphatic heterocycles. The molecule has 0 spiro atoms. The van der Waals surface area contributed by atoms with Gasteiger partial charge in [-0.1, -0.05) is 12.1 Å². The van der Waals surface area contributed by atoms with Crippen molar-refractivity contribution in [2.45, 2.75) is 6.10 Å². The zero-order valence-corrected chi connectivity index (χ0v) is 12.0. The number of ether oxygens (including phenoxy) is 2. The third-order valence-corrected chi connectivity index (χ3v) is 3.53. The molecule has 0 fully saturated rings. The van der Waals surface area contributed by atoms with Gasteiger partial charge in [0.05, 0.1) is 18.9 Å². The molecule has 0 bridgehead atoms. The van der Waals surface area contributed by atoms with Gasteiger partial charge in [-0.3, -0.25) is 4.98 Å². The van der Waals surface area contributed by atoms with Gasteiger partial charge in [0, 0.05) is 7.05 Å². The van der Waals surface area contributed by atoms with Gasteiger partial charge in [-0.25, -0.2) is 0 Å². The van der Waals surface area contributed by atoms with E-state index in [0.29, 0.717) is 18.8 Å². The van der Waals surface area contributed by atoms with Crippen LogP contribution in [0.15, 0.2) is 36.7 Å². The summed E-state index contributed by atoms with van der Waals surface area (Å²) >= 11 is 0. The van der Waals surface area contributed by atoms with Gasteiger partial charge in [0.2, 0.25) is 0 Å². The van der Waals surface area contributed by atoms with E-state index in [1.165, 1.54) is 0 Å². The first kappa shape index (κ1) is 12.8. The minimum Gasteiger partial charge on any atom is -0.486 e. The maximum Gasteiger partial charge on any atom is 0.199 e. The Kier molecular flexibility index (Phi) is 2.99. The highest BCUT2D eigenvalue weighted by Crippen LogP contribution is 2.31. The lowest BCUT2D eigenvalue weighted by molar-refractivity contribution is 0.0959. The summed E-state index contributed by atoms with van der Waals surface area (Å²) in [6, 6.07) is 7.67. The van der Waals surface area contributed by atoms with Crippen molar-refractivity contribution in [3.63, 3.8) is 0 Å². The molecule has 0 aliphatic carbocycles. The molecule has 0 saturated heterocycles. The van der Waals surface area contributed by atoms with E-state index in [1.807, 2.05) is 36.2 Å². The number of tetrazole rings is 1. The summed E-state index contributed by atoms with van der Waals surface area (Å²) in [6.07, 6.45) is 3.26. The molecular formula is C14H14N6O2. The lowest BCUT2D eigenvalue weighted by Gasteiger charge is -2.30. The Morgan fingerprint density at radius 2 is 2.14 bits per heavy atom. The van der Waals surface area contributed by atoms with Gasteiger partial charge in [-0.05, 0) is 22.6 Å². The van der Waals surface area contributed by atoms with Gasteiger partial charge in [0.15, 0.2) is 29.1 Å². The maximum absolute atomic E-state index is 5.97. The van der Waals surface area contributed by atoms with Gasteiger partial charge in [-0.2, -0.15) is 4.52 Å². The third-order valence-electron chi connectivity index (χ3n) is 3.53. The predicted molar refractivity (Wildman–Crippen MR) is 78.2 cm³/mol. The first-order valence-electron chi connectivity index (χ1n) is 6.93. The van der Waals surface area contributed by atoms with Crippen LogP contribution in [0.25, 0.3) is 5.65 Å². The Hall–Kier alpha value is -2.90. The highest BCUT2D eigenvalue weighted by atomic mass is 16.6. The molecule has 1 aliphatic rings. The molecule has 3 heterocycles. The number of aromatic nitrogens is 5. The van der Waals surface area contributed by atoms with Crippen LogP contribution in [0, 0.1) is 0 Å². The van der Waals surface area contributed by atoms with E-state index in [0.717, 1.165) is 17.3 Å². The van der Waals surface area contributed by atoms with Crippen LogP contribution in [0.2, 0.25) is 0 Å². The summed E-state index contributed by atoms with van der Waals surface area (Å²) in [5.41, 5.74) is 0.607. The van der Waals surface area contributed by atoms with Crippen LogP contribution in [0.3, 0.4) is 0 Å². The Balaban J connectivity index is 1.53. The van der Waals surface area contributed by atoms with Gasteiger partial charge < -0.3 is 14.4 Å². The van der Waals surface area contributed by atoms with Crippen LogP contribution < -0.4 is 14.4 Å². The van der Waals surface area contributed by atoms with Crippen molar-refractivity contribution in [2.24, 2.45) is 0 Å². The summed E-state index contributed by atoms with van der Waals surface area (Å²) in [5.74, 6) is 2.35. The maximum atomic E-state index is 5.97. The number of hydrogen-bond donors (Lipinski definition) is 0. The SMILES string of the molecule is CN(C[C@@H]1COc2ccccc2O1)c1cncc2nnnn12. The van der Waals surface area contributed by atoms with E-state index in [2.05, 4.69) is 20.5 Å². The van der Waals surface area contributed by atoms with Crippen LogP contribution in [0.1, 0.15) is 0 Å². The minimum atomic E-state index is -0.0772. The van der Waals surface area contributed by atoms with Crippen LogP contribution in [0.4, 0.5) is 5.82 Å². The molecule has 3 aromatic rings. The number of likely N-dealkylation sites (N-methyl/N-ethyl adjacent to an activating group) is 1. The Morgan fingerprint density at radius 3 is 3.05 bits per heavy atom. The zero-order chi connectivity index (χ0) is 14.9. The molecule has 0 amide bonds. The first-order chi connectivity index (χ1) is 10.8. The molecule has 8 nitrogen and oxygen atoms in total. The number of nitrogens with zero attached hydrogens (tertiary/aromatic N) is 6. The molecule has 0 N–H and O–H groups in total. The number of fused-ring (bicyclic) bond motifs is 2. The minimum absolute atomic E-state index is 0.0772. The third kappa shape index (κ3) is 2.18. The van der Waals surface area contributed by atoms with Crippen LogP contribution in [-0.4, -0.2) is 51.3 Å². The molecule has 1 aromatic carbocycles. The molecule has 4 rings (SSSR count). The van der Waals surface area contributed by atoms with E-state index in [9.17, 15) is 0 Å². The molecule has 2 aromatic heterocycles. The molecule has 1 atom stereocenters. The summed E-state index contributed by atoms with van der Waals surface area (Å²) in [5, 5.41) is 11.5. The van der Waals surface area contributed by atoms with Gasteiger partial charge >= 0.3 is 0 Å². The molecule has 0 unspecified atom stereocenters. The van der Waals surface area contributed by atoms with Crippen molar-refractivity contribution in [1.82, 2.24) is 25.0 Å². The van der Waals surface area contributed by atoms with Gasteiger partial charge in [-0.15, -0.1) is 5.10 Å². The molecule has 0 saturated carbocycles. The Labute approximate surface area is 126 Å². The Bertz CT molecular complexity index is 805. The molecule has 0 radical (unpaired) electrons. The van der Waals surface area contributed by atoms with E-state index >= 15 is 0 Å². The predicted octanol–water partition coefficient (Wildman–Crippen LogP) is 0.795. The Morgan fingerprint density at radius 1 is 1.27 bits per heavy atom. The molecule has 112 valence electrons. The fourth-order valence-corrected chi connectivity index (χ4v) is 2.48. The van der Waals surface area contributed by atoms with Crippen molar-refractivity contribution in [1.29, 1.82) is 0 Å². The van der Waals surface area contributed by atoms with E-state index < -0.39 is 0 Å². The highest BCUT2D eigenvalue weighted by molar-refractivity contribution is 5.46. The fourth-order valence-electron chi connectivity index (χ4n) is 2.48. The van der Waals surface area contributed by atoms with Crippen LogP contribution in [0.5, 0.6) is 11.5 Å². The largest absolute Gasteiger partial charge is 0.486 e. The van der Waals surface area contributed by atoms with Crippen molar-refractivity contribution in [2.75, 3.05) is 25.1 Å². The number of rotatable bonds is 3. The number of para-hydroxylation sites is 2. The molecule has 22 heavy (non-hydrogen) atoms. The van der Waals surface area contributed by atoms with E-state index in [-0.39, 0.29) is 6.10 Å². The van der Waals surface area contributed by atoms with Crippen LogP contribution >= 0.6 is 0 Å². The standard InChI is InChI=1S/C14H14N6O2/c1-19(14-7-15-6-13-16-17-18-20(13)14)8-10-9-21-11-4-2-3-5-12(11)22-10/h2-7,10H,8-9H2,1H3/t10-/m1/s1. The van der Waals surface area contributed by atoms with Crippen molar-refractivity contribution >= 4 is 11.5 Å². The smallest absolute Gasteiger partial charge is 0.199 e. The number of anilines is 1. The quantitative estimate of drug-likeness (QED) is 0.707. The second-order valence-corrected chi connectivity index (χ2v) is 5.09. The first-order valence-corrected chi connectivity index (χ1v) is 6.93. The average Bonchev–Trinajstić information content (AvgIpc) is 3.03. The lowest BCUT2D eigenvalue weighted by atomic mass is 10.2. The fraction of sp³-hybridized carbons (Fsp3) is 0.286. The second-order valence-electron chi connectivity index (χ2n) is 5.09. The topological polar surface area (TPSA) is 77.7 Å². The summed E-state index contributed by atoms with van der Waals surface area (Å²) in [4.78, 5) is 6.16.